The second-order valence-corrected chi connectivity index (χ2v) is 3.15. The van der Waals surface area contributed by atoms with Crippen molar-refractivity contribution in [3.63, 3.8) is 0 Å². The highest BCUT2D eigenvalue weighted by molar-refractivity contribution is 6.33. The highest BCUT2D eigenvalue weighted by atomic mass is 35.5. The predicted molar refractivity (Wildman–Crippen MR) is 52.2 cm³/mol. The average molecular weight is 221 g/mol. The summed E-state index contributed by atoms with van der Waals surface area (Å²) in [7, 11) is 0. The first-order valence-corrected chi connectivity index (χ1v) is 4.74. The molecule has 0 aliphatic rings. The van der Waals surface area contributed by atoms with E-state index in [0.717, 1.165) is 0 Å². The van der Waals surface area contributed by atoms with Crippen LogP contribution in [0.5, 0.6) is 0 Å². The molecule has 0 unspecified atom stereocenters. The van der Waals surface area contributed by atoms with Gasteiger partial charge in [0, 0.05) is 19.1 Å². The molecule has 0 amide bonds. The van der Waals surface area contributed by atoms with Crippen molar-refractivity contribution in [1.29, 1.82) is 0 Å². The molecule has 1 aromatic rings. The van der Waals surface area contributed by atoms with E-state index >= 15 is 0 Å². The van der Waals surface area contributed by atoms with Gasteiger partial charge in [0.2, 0.25) is 0 Å². The molecule has 1 aromatic heterocycles. The SMILES string of the molecule is CCOCCc1nc(Cl)cc(Cl)n1. The van der Waals surface area contributed by atoms with E-state index in [1.807, 2.05) is 6.92 Å². The van der Waals surface area contributed by atoms with Gasteiger partial charge in [-0.1, -0.05) is 23.2 Å². The van der Waals surface area contributed by atoms with E-state index in [2.05, 4.69) is 9.97 Å². The molecule has 5 heteroatoms. The third-order valence-corrected chi connectivity index (χ3v) is 1.77. The Hall–Kier alpha value is -0.380. The van der Waals surface area contributed by atoms with Crippen LogP contribution in [-0.2, 0) is 11.2 Å². The molecule has 0 saturated heterocycles. The topological polar surface area (TPSA) is 35.0 Å². The molecule has 3 nitrogen and oxygen atoms in total. The third kappa shape index (κ3) is 3.89. The standard InChI is InChI=1S/C8H10Cl2N2O/c1-2-13-4-3-8-11-6(9)5-7(10)12-8/h5H,2-4H2,1H3. The Kier molecular flexibility index (Phi) is 4.42. The van der Waals surface area contributed by atoms with Crippen LogP contribution < -0.4 is 0 Å². The molecular weight excluding hydrogens is 211 g/mol. The van der Waals surface area contributed by atoms with Gasteiger partial charge in [0.1, 0.15) is 16.1 Å². The van der Waals surface area contributed by atoms with Crippen LogP contribution in [0.2, 0.25) is 10.3 Å². The molecule has 0 bridgehead atoms. The minimum Gasteiger partial charge on any atom is -0.381 e. The summed E-state index contributed by atoms with van der Waals surface area (Å²) >= 11 is 11.4. The van der Waals surface area contributed by atoms with Gasteiger partial charge in [-0.2, -0.15) is 0 Å². The summed E-state index contributed by atoms with van der Waals surface area (Å²) < 4.78 is 5.15. The molecule has 0 N–H and O–H groups in total. The second-order valence-electron chi connectivity index (χ2n) is 2.38. The molecule has 72 valence electrons. The molecule has 1 heterocycles. The van der Waals surface area contributed by atoms with Gasteiger partial charge in [0.05, 0.1) is 6.61 Å². The van der Waals surface area contributed by atoms with Crippen LogP contribution in [0.25, 0.3) is 0 Å². The fourth-order valence-corrected chi connectivity index (χ4v) is 1.31. The Balaban J connectivity index is 2.56. The lowest BCUT2D eigenvalue weighted by atomic mass is 10.4. The molecule has 1 rings (SSSR count). The van der Waals surface area contributed by atoms with E-state index in [0.29, 0.717) is 35.8 Å². The van der Waals surface area contributed by atoms with Crippen LogP contribution in [-0.4, -0.2) is 23.2 Å². The second kappa shape index (κ2) is 5.37. The normalized spacial score (nSPS) is 10.4. The van der Waals surface area contributed by atoms with Crippen LogP contribution in [0.15, 0.2) is 6.07 Å². The zero-order chi connectivity index (χ0) is 9.68. The smallest absolute Gasteiger partial charge is 0.134 e. The molecule has 0 aromatic carbocycles. The molecule has 0 saturated carbocycles. The lowest BCUT2D eigenvalue weighted by Gasteiger charge is -2.01. The summed E-state index contributed by atoms with van der Waals surface area (Å²) in [6, 6.07) is 1.51. The van der Waals surface area contributed by atoms with Crippen molar-refractivity contribution in [2.75, 3.05) is 13.2 Å². The predicted octanol–water partition coefficient (Wildman–Crippen LogP) is 2.36. The largest absolute Gasteiger partial charge is 0.381 e. The van der Waals surface area contributed by atoms with E-state index in [4.69, 9.17) is 27.9 Å². The molecule has 0 spiro atoms. The van der Waals surface area contributed by atoms with Crippen molar-refractivity contribution in [2.24, 2.45) is 0 Å². The number of rotatable bonds is 4. The van der Waals surface area contributed by atoms with Gasteiger partial charge in [0.25, 0.3) is 0 Å². The van der Waals surface area contributed by atoms with Gasteiger partial charge in [-0.05, 0) is 6.92 Å². The summed E-state index contributed by atoms with van der Waals surface area (Å²) in [5, 5.41) is 0.734. The first-order valence-electron chi connectivity index (χ1n) is 3.99. The minimum atomic E-state index is 0.367. The molecule has 0 radical (unpaired) electrons. The Bertz CT molecular complexity index is 261. The first-order chi connectivity index (χ1) is 6.22. The van der Waals surface area contributed by atoms with E-state index in [-0.39, 0.29) is 0 Å². The molecular formula is C8H10Cl2N2O. The van der Waals surface area contributed by atoms with Gasteiger partial charge >= 0.3 is 0 Å². The summed E-state index contributed by atoms with van der Waals surface area (Å²) in [5.74, 6) is 0.617. The van der Waals surface area contributed by atoms with Gasteiger partial charge in [0.15, 0.2) is 0 Å². The maximum atomic E-state index is 5.69. The van der Waals surface area contributed by atoms with Crippen molar-refractivity contribution in [3.8, 4) is 0 Å². The van der Waals surface area contributed by atoms with E-state index in [9.17, 15) is 0 Å². The van der Waals surface area contributed by atoms with Gasteiger partial charge in [-0.15, -0.1) is 0 Å². The fourth-order valence-electron chi connectivity index (χ4n) is 0.854. The number of ether oxygens (including phenoxy) is 1. The zero-order valence-electron chi connectivity index (χ0n) is 7.26. The van der Waals surface area contributed by atoms with Crippen molar-refractivity contribution in [2.45, 2.75) is 13.3 Å². The van der Waals surface area contributed by atoms with Crippen LogP contribution in [0.4, 0.5) is 0 Å². The Morgan fingerprint density at radius 1 is 1.31 bits per heavy atom. The van der Waals surface area contributed by atoms with E-state index in [1.165, 1.54) is 6.07 Å². The van der Waals surface area contributed by atoms with Crippen molar-refractivity contribution in [3.05, 3.63) is 22.2 Å². The summed E-state index contributed by atoms with van der Waals surface area (Å²) in [6.45, 7) is 3.22. The number of aromatic nitrogens is 2. The number of hydrogen-bond acceptors (Lipinski definition) is 3. The lowest BCUT2D eigenvalue weighted by molar-refractivity contribution is 0.149. The lowest BCUT2D eigenvalue weighted by Crippen LogP contribution is -2.02. The highest BCUT2D eigenvalue weighted by Crippen LogP contribution is 2.11. The first kappa shape index (κ1) is 10.7. The van der Waals surface area contributed by atoms with Crippen molar-refractivity contribution >= 4 is 23.2 Å². The van der Waals surface area contributed by atoms with Gasteiger partial charge < -0.3 is 4.74 Å². The van der Waals surface area contributed by atoms with Gasteiger partial charge in [-0.25, -0.2) is 9.97 Å². The quantitative estimate of drug-likeness (QED) is 0.578. The van der Waals surface area contributed by atoms with Crippen LogP contribution in [0.1, 0.15) is 12.7 Å². The van der Waals surface area contributed by atoms with Crippen molar-refractivity contribution < 1.29 is 4.74 Å². The maximum Gasteiger partial charge on any atom is 0.134 e. The summed E-state index contributed by atoms with van der Waals surface area (Å²) in [5.41, 5.74) is 0. The molecule has 0 aliphatic carbocycles. The Morgan fingerprint density at radius 2 is 1.92 bits per heavy atom. The monoisotopic (exact) mass is 220 g/mol. The fraction of sp³-hybridized carbons (Fsp3) is 0.500. The molecule has 0 atom stereocenters. The van der Waals surface area contributed by atoms with Crippen LogP contribution >= 0.6 is 23.2 Å². The van der Waals surface area contributed by atoms with Crippen molar-refractivity contribution in [1.82, 2.24) is 9.97 Å². The van der Waals surface area contributed by atoms with Crippen LogP contribution in [0.3, 0.4) is 0 Å². The Labute approximate surface area is 87.1 Å². The van der Waals surface area contributed by atoms with Crippen LogP contribution in [0, 0.1) is 0 Å². The Morgan fingerprint density at radius 3 is 2.46 bits per heavy atom. The van der Waals surface area contributed by atoms with E-state index < -0.39 is 0 Å². The highest BCUT2D eigenvalue weighted by Gasteiger charge is 2.00. The summed E-state index contributed by atoms with van der Waals surface area (Å²) in [6.07, 6.45) is 0.633. The molecule has 0 aliphatic heterocycles. The van der Waals surface area contributed by atoms with E-state index in [1.54, 1.807) is 0 Å². The molecule has 0 fully saturated rings. The number of nitrogens with zero attached hydrogens (tertiary/aromatic N) is 2. The average Bonchev–Trinajstić information content (AvgIpc) is 2.03. The van der Waals surface area contributed by atoms with Gasteiger partial charge in [-0.3, -0.25) is 0 Å². The minimum absolute atomic E-state index is 0.367. The number of halogens is 2. The maximum absolute atomic E-state index is 5.69. The zero-order valence-corrected chi connectivity index (χ0v) is 8.77. The number of hydrogen-bond donors (Lipinski definition) is 0. The third-order valence-electron chi connectivity index (χ3n) is 1.38. The molecule has 13 heavy (non-hydrogen) atoms. The summed E-state index contributed by atoms with van der Waals surface area (Å²) in [4.78, 5) is 7.99.